The Balaban J connectivity index is 1.39. The van der Waals surface area contributed by atoms with Gasteiger partial charge in [-0.1, -0.05) is 11.6 Å². The highest BCUT2D eigenvalue weighted by molar-refractivity contribution is 7.90. The van der Waals surface area contributed by atoms with Crippen molar-refractivity contribution in [1.82, 2.24) is 9.88 Å². The normalized spacial score (nSPS) is 19.9. The number of nitrogens with zero attached hydrogens (tertiary/aromatic N) is 3. The fourth-order valence-corrected chi connectivity index (χ4v) is 5.68. The molecule has 0 aliphatic carbocycles. The second-order valence-corrected chi connectivity index (χ2v) is 11.5. The number of amides is 1. The van der Waals surface area contributed by atoms with Gasteiger partial charge in [0.1, 0.15) is 17.5 Å². The fraction of sp³-hybridized carbons (Fsp3) is 0.478. The number of alkyl halides is 3. The number of piperidine rings is 1. The summed E-state index contributed by atoms with van der Waals surface area (Å²) in [6, 6.07) is 2.24. The van der Waals surface area contributed by atoms with Gasteiger partial charge in [0.05, 0.1) is 15.5 Å². The van der Waals surface area contributed by atoms with E-state index >= 15 is 0 Å². The number of aromatic nitrogens is 1. The summed E-state index contributed by atoms with van der Waals surface area (Å²) in [5.41, 5.74) is -1.25. The summed E-state index contributed by atoms with van der Waals surface area (Å²) in [6.45, 7) is 1.26. The Hall–Kier alpha value is -2.47. The average Bonchev–Trinajstić information content (AvgIpc) is 3.15. The number of benzene rings is 1. The smallest absolute Gasteiger partial charge is 0.355 e. The SMILES string of the molecule is CS(=O)(=O)c1cc(F)c(C[C@H]2CCN(C3CCN(c4ncc(C(F)(F)F)cc4Cl)CC3)C2=O)c(F)c1. The quantitative estimate of drug-likeness (QED) is 0.512. The zero-order valence-corrected chi connectivity index (χ0v) is 20.7. The number of rotatable bonds is 5. The lowest BCUT2D eigenvalue weighted by atomic mass is 9.97. The number of sulfone groups is 1. The van der Waals surface area contributed by atoms with E-state index in [2.05, 4.69) is 4.98 Å². The van der Waals surface area contributed by atoms with Crippen molar-refractivity contribution in [3.05, 3.63) is 52.2 Å². The van der Waals surface area contributed by atoms with E-state index in [4.69, 9.17) is 11.6 Å². The zero-order chi connectivity index (χ0) is 26.4. The van der Waals surface area contributed by atoms with E-state index in [1.54, 1.807) is 9.80 Å². The summed E-state index contributed by atoms with van der Waals surface area (Å²) in [7, 11) is -3.78. The van der Waals surface area contributed by atoms with Crippen LogP contribution in [0.15, 0.2) is 29.3 Å². The number of carbonyl (C=O) groups excluding carboxylic acids is 1. The summed E-state index contributed by atoms with van der Waals surface area (Å²) in [5, 5.41) is -0.105. The maximum absolute atomic E-state index is 14.5. The Labute approximate surface area is 210 Å². The molecule has 0 spiro atoms. The highest BCUT2D eigenvalue weighted by Crippen LogP contribution is 2.35. The van der Waals surface area contributed by atoms with Gasteiger partial charge in [-0.15, -0.1) is 0 Å². The molecule has 2 aliphatic heterocycles. The lowest BCUT2D eigenvalue weighted by molar-refractivity contribution is -0.137. The third-order valence-corrected chi connectivity index (χ3v) is 8.07. The molecular weight excluding hydrogens is 529 g/mol. The van der Waals surface area contributed by atoms with Gasteiger partial charge in [0.15, 0.2) is 9.84 Å². The number of carbonyl (C=O) groups is 1. The summed E-state index contributed by atoms with van der Waals surface area (Å²) in [5.74, 6) is -2.63. The highest BCUT2D eigenvalue weighted by atomic mass is 35.5. The van der Waals surface area contributed by atoms with Crippen molar-refractivity contribution in [2.75, 3.05) is 30.8 Å². The van der Waals surface area contributed by atoms with Crippen molar-refractivity contribution >= 4 is 33.2 Å². The molecule has 196 valence electrons. The first-order chi connectivity index (χ1) is 16.8. The summed E-state index contributed by atoms with van der Waals surface area (Å²) in [4.78, 5) is 19.9. The maximum atomic E-state index is 14.5. The second-order valence-electron chi connectivity index (χ2n) is 9.10. The van der Waals surface area contributed by atoms with Gasteiger partial charge < -0.3 is 9.80 Å². The molecule has 36 heavy (non-hydrogen) atoms. The van der Waals surface area contributed by atoms with Crippen LogP contribution in [-0.2, 0) is 27.2 Å². The third kappa shape index (κ3) is 5.44. The van der Waals surface area contributed by atoms with Crippen LogP contribution in [0.5, 0.6) is 0 Å². The molecule has 0 unspecified atom stereocenters. The number of pyridine rings is 1. The van der Waals surface area contributed by atoms with Gasteiger partial charge in [-0.05, 0) is 43.9 Å². The van der Waals surface area contributed by atoms with Crippen LogP contribution in [0.25, 0.3) is 0 Å². The van der Waals surface area contributed by atoms with Crippen LogP contribution >= 0.6 is 11.6 Å². The fourth-order valence-electron chi connectivity index (χ4n) is 4.76. The molecule has 3 heterocycles. The van der Waals surface area contributed by atoms with Crippen LogP contribution in [0, 0.1) is 17.6 Å². The highest BCUT2D eigenvalue weighted by Gasteiger charge is 2.38. The van der Waals surface area contributed by atoms with E-state index in [0.717, 1.165) is 30.7 Å². The van der Waals surface area contributed by atoms with E-state index in [1.807, 2.05) is 0 Å². The Morgan fingerprint density at radius 3 is 2.19 bits per heavy atom. The molecule has 0 radical (unpaired) electrons. The Morgan fingerprint density at radius 1 is 1.06 bits per heavy atom. The molecule has 2 aliphatic rings. The molecule has 0 N–H and O–H groups in total. The molecule has 13 heteroatoms. The van der Waals surface area contributed by atoms with Gasteiger partial charge in [-0.25, -0.2) is 22.2 Å². The van der Waals surface area contributed by atoms with Gasteiger partial charge in [0.2, 0.25) is 5.91 Å². The molecule has 6 nitrogen and oxygen atoms in total. The van der Waals surface area contributed by atoms with Crippen LogP contribution in [-0.4, -0.2) is 56.1 Å². The predicted molar refractivity (Wildman–Crippen MR) is 122 cm³/mol. The van der Waals surface area contributed by atoms with Gasteiger partial charge >= 0.3 is 6.18 Å². The lowest BCUT2D eigenvalue weighted by Gasteiger charge is -2.37. The van der Waals surface area contributed by atoms with Crippen molar-refractivity contribution < 1.29 is 35.2 Å². The molecule has 0 saturated carbocycles. The van der Waals surface area contributed by atoms with Crippen LogP contribution < -0.4 is 4.90 Å². The van der Waals surface area contributed by atoms with Crippen molar-refractivity contribution in [2.45, 2.75) is 42.8 Å². The lowest BCUT2D eigenvalue weighted by Crippen LogP contribution is -2.46. The first-order valence-electron chi connectivity index (χ1n) is 11.2. The van der Waals surface area contributed by atoms with Crippen molar-refractivity contribution in [3.63, 3.8) is 0 Å². The van der Waals surface area contributed by atoms with Gasteiger partial charge in [0, 0.05) is 49.6 Å². The number of hydrogen-bond donors (Lipinski definition) is 0. The van der Waals surface area contributed by atoms with Crippen LogP contribution in [0.4, 0.5) is 27.8 Å². The molecule has 2 fully saturated rings. The molecule has 2 saturated heterocycles. The second kappa shape index (κ2) is 9.77. The monoisotopic (exact) mass is 551 g/mol. The predicted octanol–water partition coefficient (Wildman–Crippen LogP) is 4.50. The van der Waals surface area contributed by atoms with Gasteiger partial charge in [-0.2, -0.15) is 13.2 Å². The van der Waals surface area contributed by atoms with E-state index < -0.39 is 44.0 Å². The van der Waals surface area contributed by atoms with Crippen molar-refractivity contribution in [3.8, 4) is 0 Å². The van der Waals surface area contributed by atoms with Crippen molar-refractivity contribution in [2.24, 2.45) is 5.92 Å². The number of likely N-dealkylation sites (tertiary alicyclic amines) is 1. The van der Waals surface area contributed by atoms with Crippen molar-refractivity contribution in [1.29, 1.82) is 0 Å². The third-order valence-electron chi connectivity index (χ3n) is 6.70. The topological polar surface area (TPSA) is 70.6 Å². The van der Waals surface area contributed by atoms with Crippen LogP contribution in [0.2, 0.25) is 5.02 Å². The molecular formula is C23H23ClF5N3O3S. The molecule has 2 aromatic rings. The number of halogens is 6. The minimum Gasteiger partial charge on any atom is -0.355 e. The minimum absolute atomic E-state index is 0.105. The summed E-state index contributed by atoms with van der Waals surface area (Å²) >= 11 is 6.05. The van der Waals surface area contributed by atoms with E-state index in [0.29, 0.717) is 38.9 Å². The maximum Gasteiger partial charge on any atom is 0.417 e. The zero-order valence-electron chi connectivity index (χ0n) is 19.2. The van der Waals surface area contributed by atoms with Gasteiger partial charge in [0.25, 0.3) is 0 Å². The molecule has 0 bridgehead atoms. The van der Waals surface area contributed by atoms with Crippen LogP contribution in [0.1, 0.15) is 30.4 Å². The summed E-state index contributed by atoms with van der Waals surface area (Å²) in [6.07, 6.45) is -1.67. The van der Waals surface area contributed by atoms with Gasteiger partial charge in [-0.3, -0.25) is 4.79 Å². The Bertz CT molecular complexity index is 1260. The van der Waals surface area contributed by atoms with E-state index in [1.165, 1.54) is 0 Å². The largest absolute Gasteiger partial charge is 0.417 e. The molecule has 4 rings (SSSR count). The Morgan fingerprint density at radius 2 is 1.67 bits per heavy atom. The standard InChI is InChI=1S/C23H23ClF5N3O3S/c1-36(34,35)16-10-19(25)17(20(26)11-16)8-13-2-7-32(22(13)33)15-3-5-31(6-4-15)21-18(24)9-14(12-30-21)23(27,28)29/h9-13,15H,2-8H2,1H3/t13-/m1/s1. The van der Waals surface area contributed by atoms with E-state index in [-0.39, 0.29) is 34.8 Å². The van der Waals surface area contributed by atoms with Crippen LogP contribution in [0.3, 0.4) is 0 Å². The molecule has 1 aromatic carbocycles. The first kappa shape index (κ1) is 26.6. The molecule has 1 amide bonds. The molecule has 1 atom stereocenters. The average molecular weight is 552 g/mol. The Kier molecular flexibility index (Phi) is 7.22. The van der Waals surface area contributed by atoms with E-state index in [9.17, 15) is 35.2 Å². The number of hydrogen-bond acceptors (Lipinski definition) is 5. The molecule has 1 aromatic heterocycles. The number of anilines is 1. The minimum atomic E-state index is -4.55. The first-order valence-corrected chi connectivity index (χ1v) is 13.5. The summed E-state index contributed by atoms with van der Waals surface area (Å²) < 4.78 is 90.8.